The van der Waals surface area contributed by atoms with Crippen molar-refractivity contribution >= 4 is 7.32 Å². The molecule has 46 heavy (non-hydrogen) atoms. The van der Waals surface area contributed by atoms with Gasteiger partial charge in [0, 0.05) is 59.6 Å². The molecule has 8 heteroatoms. The minimum absolute atomic E-state index is 0.159. The molecule has 0 aliphatic rings. The fraction of sp³-hybridized carbons (Fsp3) is 0.263. The molecular weight excluding hydrogens is 575 g/mol. The lowest BCUT2D eigenvalue weighted by Gasteiger charge is -2.37. The van der Waals surface area contributed by atoms with Gasteiger partial charge >= 0.3 is 0 Å². The van der Waals surface area contributed by atoms with Gasteiger partial charge in [0.15, 0.2) is 13.2 Å². The summed E-state index contributed by atoms with van der Waals surface area (Å²) in [4.78, 5) is 10.5. The predicted octanol–water partition coefficient (Wildman–Crippen LogP) is 3.99. The Hall–Kier alpha value is -4.50. The Balaban J connectivity index is 0.000000235. The minimum atomic E-state index is -2.23. The summed E-state index contributed by atoms with van der Waals surface area (Å²) < 4.78 is 8.26. The summed E-state index contributed by atoms with van der Waals surface area (Å²) >= 11 is 0. The molecule has 0 aliphatic heterocycles. The van der Waals surface area contributed by atoms with Crippen LogP contribution in [0.3, 0.4) is 0 Å². The summed E-state index contributed by atoms with van der Waals surface area (Å²) in [6.07, 6.45) is 5.15. The molecule has 0 N–H and O–H groups in total. The average molecular weight is 621 g/mol. The van der Waals surface area contributed by atoms with Crippen molar-refractivity contribution in [2.45, 2.75) is 46.0 Å². The molecule has 0 aliphatic carbocycles. The second-order valence-corrected chi connectivity index (χ2v) is 10.4. The van der Waals surface area contributed by atoms with Gasteiger partial charge in [-0.3, -0.25) is 9.68 Å². The van der Waals surface area contributed by atoms with Crippen molar-refractivity contribution in [3.8, 4) is 0 Å². The maximum absolute atomic E-state index is 10.7. The number of aromatic nitrogens is 2. The Kier molecular flexibility index (Phi) is 15.5. The maximum atomic E-state index is 10.7. The average Bonchev–Trinajstić information content (AvgIpc) is 3.09. The Morgan fingerprint density at radius 3 is 1.26 bits per heavy atom. The molecule has 0 spiro atoms. The summed E-state index contributed by atoms with van der Waals surface area (Å²) in [5, 5.41) is 21.4. The van der Waals surface area contributed by atoms with Crippen molar-refractivity contribution in [1.29, 1.82) is 0 Å². The Morgan fingerprint density at radius 2 is 0.935 bits per heavy atom. The monoisotopic (exact) mass is 620 g/mol. The fourth-order valence-electron chi connectivity index (χ4n) is 5.21. The van der Waals surface area contributed by atoms with E-state index >= 15 is 0 Å². The standard InChI is InChI=1S/C22H21BO3.2C8H12NO/c24-23(25)26-18-10-17-22(19-11-4-1-5-12-19,20-13-6-2-7-14-20)21-15-8-3-9-16-21;2*1-3-10-9-7-5-4-6-8(9)2/h1-9,11-16H,10,17-18H2;2*4-7H,3H2,1-2H3/q-2;2*+1. The van der Waals surface area contributed by atoms with Crippen LogP contribution in [0.4, 0.5) is 0 Å². The zero-order valence-electron chi connectivity index (χ0n) is 27.3. The van der Waals surface area contributed by atoms with E-state index in [0.717, 1.165) is 17.8 Å². The first-order valence-corrected chi connectivity index (χ1v) is 15.7. The summed E-state index contributed by atoms with van der Waals surface area (Å²) in [6, 6.07) is 42.9. The number of nitrogens with zero attached hydrogens (tertiary/aromatic N) is 2. The molecule has 5 rings (SSSR count). The van der Waals surface area contributed by atoms with Gasteiger partial charge in [-0.1, -0.05) is 91.0 Å². The molecule has 0 saturated heterocycles. The van der Waals surface area contributed by atoms with Crippen molar-refractivity contribution in [3.05, 3.63) is 168 Å². The third kappa shape index (κ3) is 10.8. The number of benzene rings is 3. The van der Waals surface area contributed by atoms with Gasteiger partial charge in [-0.2, -0.15) is 0 Å². The van der Waals surface area contributed by atoms with Crippen molar-refractivity contribution in [2.24, 2.45) is 0 Å². The lowest BCUT2D eigenvalue weighted by molar-refractivity contribution is -0.895. The van der Waals surface area contributed by atoms with Crippen molar-refractivity contribution in [2.75, 3.05) is 19.8 Å². The van der Waals surface area contributed by atoms with Crippen LogP contribution >= 0.6 is 0 Å². The molecule has 0 bridgehead atoms. The van der Waals surface area contributed by atoms with Crippen molar-refractivity contribution in [1.82, 2.24) is 0 Å². The van der Waals surface area contributed by atoms with Gasteiger partial charge in [-0.15, -0.1) is 0 Å². The Morgan fingerprint density at radius 1 is 0.565 bits per heavy atom. The number of hydrogen-bond donors (Lipinski definition) is 0. The zero-order chi connectivity index (χ0) is 33.0. The lowest BCUT2D eigenvalue weighted by atomic mass is 9.67. The van der Waals surface area contributed by atoms with Crippen LogP contribution in [0, 0.1) is 13.8 Å². The number of pyridine rings is 2. The van der Waals surface area contributed by atoms with Crippen LogP contribution in [0.1, 0.15) is 54.8 Å². The van der Waals surface area contributed by atoms with Gasteiger partial charge in [0.25, 0.3) is 0 Å². The highest BCUT2D eigenvalue weighted by Crippen LogP contribution is 2.42. The zero-order valence-corrected chi connectivity index (χ0v) is 27.3. The van der Waals surface area contributed by atoms with E-state index in [2.05, 4.69) is 36.4 Å². The second kappa shape index (κ2) is 19.8. The third-order valence-electron chi connectivity index (χ3n) is 7.32. The van der Waals surface area contributed by atoms with Crippen molar-refractivity contribution in [3.63, 3.8) is 0 Å². The molecule has 0 amide bonds. The second-order valence-electron chi connectivity index (χ2n) is 10.4. The van der Waals surface area contributed by atoms with Crippen LogP contribution in [-0.2, 0) is 10.1 Å². The van der Waals surface area contributed by atoms with Crippen LogP contribution in [0.2, 0.25) is 0 Å². The molecule has 0 radical (unpaired) electrons. The van der Waals surface area contributed by atoms with Gasteiger partial charge < -0.3 is 14.7 Å². The molecule has 2 aromatic heterocycles. The van der Waals surface area contributed by atoms with Gasteiger partial charge in [-0.25, -0.2) is 0 Å². The maximum Gasteiger partial charge on any atom is 0.231 e. The fourth-order valence-corrected chi connectivity index (χ4v) is 5.21. The molecule has 0 saturated carbocycles. The SMILES string of the molecule is CCO[n+]1ccccc1C.CCO[n+]1ccccc1C.[O-]B([O-])OCCCC(c1ccccc1)(c1ccccc1)c1ccccc1. The smallest absolute Gasteiger partial charge is 0.231 e. The minimum Gasteiger partial charge on any atom is -0.871 e. The van der Waals surface area contributed by atoms with Gasteiger partial charge in [-0.05, 0) is 55.5 Å². The van der Waals surface area contributed by atoms with Gasteiger partial charge in [0.1, 0.15) is 0 Å². The highest BCUT2D eigenvalue weighted by molar-refractivity contribution is 6.28. The molecule has 5 aromatic rings. The van der Waals surface area contributed by atoms with Crippen LogP contribution < -0.4 is 29.2 Å². The first-order chi connectivity index (χ1) is 22.4. The van der Waals surface area contributed by atoms with Crippen LogP contribution in [0.15, 0.2) is 140 Å². The summed E-state index contributed by atoms with van der Waals surface area (Å²) in [5.74, 6) is 0. The molecule has 0 fully saturated rings. The van der Waals surface area contributed by atoms with E-state index in [-0.39, 0.29) is 12.0 Å². The van der Waals surface area contributed by atoms with Crippen molar-refractivity contribution < 1.29 is 33.8 Å². The van der Waals surface area contributed by atoms with E-state index in [0.29, 0.717) is 19.6 Å². The van der Waals surface area contributed by atoms with Crippen LogP contribution in [0.25, 0.3) is 0 Å². The molecule has 0 atom stereocenters. The predicted molar refractivity (Wildman–Crippen MR) is 177 cm³/mol. The van der Waals surface area contributed by atoms with E-state index in [1.165, 1.54) is 16.7 Å². The quantitative estimate of drug-likeness (QED) is 0.0913. The van der Waals surface area contributed by atoms with E-state index in [1.807, 2.05) is 131 Å². The molecule has 0 unspecified atom stereocenters. The molecule has 2 heterocycles. The molecule has 7 nitrogen and oxygen atoms in total. The summed E-state index contributed by atoms with van der Waals surface area (Å²) in [5.41, 5.74) is 5.40. The first-order valence-electron chi connectivity index (χ1n) is 15.7. The van der Waals surface area contributed by atoms with E-state index < -0.39 is 7.32 Å². The largest absolute Gasteiger partial charge is 0.871 e. The van der Waals surface area contributed by atoms with Gasteiger partial charge in [0.2, 0.25) is 23.8 Å². The molecular formula is C38H45BN2O5. The topological polar surface area (TPSA) is 81.6 Å². The molecule has 240 valence electrons. The number of rotatable bonds is 12. The number of aryl methyl sites for hydroxylation is 2. The van der Waals surface area contributed by atoms with E-state index in [4.69, 9.17) is 14.3 Å². The van der Waals surface area contributed by atoms with Gasteiger partial charge in [0.05, 0.1) is 7.32 Å². The van der Waals surface area contributed by atoms with Crippen LogP contribution in [-0.4, -0.2) is 27.1 Å². The summed E-state index contributed by atoms with van der Waals surface area (Å²) in [7, 11) is -2.23. The van der Waals surface area contributed by atoms with E-state index in [1.54, 1.807) is 9.46 Å². The molecule has 3 aromatic carbocycles. The number of hydrogen-bond acceptors (Lipinski definition) is 5. The normalized spacial score (nSPS) is 10.5. The first kappa shape index (κ1) is 36.0. The Labute approximate surface area is 274 Å². The third-order valence-corrected chi connectivity index (χ3v) is 7.32. The van der Waals surface area contributed by atoms with Crippen LogP contribution in [0.5, 0.6) is 0 Å². The van der Waals surface area contributed by atoms with E-state index in [9.17, 15) is 10.0 Å². The highest BCUT2D eigenvalue weighted by Gasteiger charge is 2.35. The highest BCUT2D eigenvalue weighted by atomic mass is 16.7. The summed E-state index contributed by atoms with van der Waals surface area (Å²) in [6.45, 7) is 9.53. The lowest BCUT2D eigenvalue weighted by Crippen LogP contribution is -2.48. The Bertz CT molecular complexity index is 1380.